The van der Waals surface area contributed by atoms with Crippen LogP contribution < -0.4 is 32.1 Å². The summed E-state index contributed by atoms with van der Waals surface area (Å²) in [6, 6.07) is 5.25. The Hall–Kier alpha value is -2.06. The van der Waals surface area contributed by atoms with Crippen molar-refractivity contribution in [3.8, 4) is 0 Å². The summed E-state index contributed by atoms with van der Waals surface area (Å²) in [7, 11) is 0. The molecule has 1 aromatic carbocycles. The average Bonchev–Trinajstić information content (AvgIpc) is 3.29. The fraction of sp³-hybridized carbons (Fsp3) is 0.480. The van der Waals surface area contributed by atoms with Gasteiger partial charge in [-0.05, 0) is 6.92 Å². The molecule has 2 aliphatic rings. The van der Waals surface area contributed by atoms with Gasteiger partial charge in [-0.3, -0.25) is 5.10 Å². The second-order valence-electron chi connectivity index (χ2n) is 9.69. The number of aromatic nitrogens is 4. The molecule has 3 aromatic rings. The summed E-state index contributed by atoms with van der Waals surface area (Å²) in [6.07, 6.45) is 5.30. The monoisotopic (exact) mass is 643 g/mol. The van der Waals surface area contributed by atoms with E-state index in [4.69, 9.17) is 16.3 Å². The third-order valence-electron chi connectivity index (χ3n) is 6.85. The van der Waals surface area contributed by atoms with Crippen molar-refractivity contribution in [3.63, 3.8) is 0 Å². The maximum atomic E-state index is 15.2. The third kappa shape index (κ3) is 6.51. The van der Waals surface area contributed by atoms with Gasteiger partial charge in [-0.15, -0.1) is 0 Å². The molecule has 2 aliphatic heterocycles. The molecule has 0 saturated carbocycles. The average molecular weight is 644 g/mol. The molecule has 2 aromatic heterocycles. The van der Waals surface area contributed by atoms with E-state index >= 15 is 4.39 Å². The van der Waals surface area contributed by atoms with Crippen LogP contribution in [0.5, 0.6) is 0 Å². The first-order valence-electron chi connectivity index (χ1n) is 12.5. The molecule has 37 heavy (non-hydrogen) atoms. The summed E-state index contributed by atoms with van der Waals surface area (Å²) in [5.41, 5.74) is 3.21. The number of aromatic amines is 1. The Labute approximate surface area is 231 Å². The number of aryl methyl sites for hydroxylation is 2. The summed E-state index contributed by atoms with van der Waals surface area (Å²) in [4.78, 5) is 8.60. The van der Waals surface area contributed by atoms with Gasteiger partial charge in [0.1, 0.15) is 5.02 Å². The minimum atomic E-state index is -0.365. The number of benzene rings is 1. The fourth-order valence-electron chi connectivity index (χ4n) is 4.87. The van der Waals surface area contributed by atoms with Crippen LogP contribution >= 0.6 is 11.6 Å². The molecule has 0 bridgehead atoms. The Morgan fingerprint density at radius 2 is 1.89 bits per heavy atom. The van der Waals surface area contributed by atoms with Gasteiger partial charge < -0.3 is 5.32 Å². The van der Waals surface area contributed by atoms with E-state index in [0.717, 1.165) is 68.8 Å². The van der Waals surface area contributed by atoms with Gasteiger partial charge in [0.2, 0.25) is 0 Å². The molecule has 4 N–H and O–H groups in total. The SMILES string of the molecule is Cc1cc(Nc2nc(Nc3cc(C)c(C4CC[N+](O)([I-]C5CCOCC5)CC4)cc3F)ncc2Cl)n[nH]1. The number of rotatable bonds is 7. The van der Waals surface area contributed by atoms with Crippen molar-refractivity contribution >= 4 is 34.9 Å². The summed E-state index contributed by atoms with van der Waals surface area (Å²) in [5, 5.41) is 24.5. The number of anilines is 4. The van der Waals surface area contributed by atoms with Crippen molar-refractivity contribution in [1.29, 1.82) is 0 Å². The fourth-order valence-corrected chi connectivity index (χ4v) is 8.65. The van der Waals surface area contributed by atoms with E-state index in [1.807, 2.05) is 19.9 Å². The zero-order valence-corrected chi connectivity index (χ0v) is 23.8. The van der Waals surface area contributed by atoms with Crippen molar-refractivity contribution in [2.24, 2.45) is 0 Å². The number of piperidine rings is 1. The Bertz CT molecular complexity index is 1250. The van der Waals surface area contributed by atoms with Crippen molar-refractivity contribution in [3.05, 3.63) is 52.1 Å². The van der Waals surface area contributed by atoms with E-state index in [2.05, 4.69) is 30.8 Å². The van der Waals surface area contributed by atoms with Crippen molar-refractivity contribution in [1.82, 2.24) is 20.2 Å². The molecule has 0 unspecified atom stereocenters. The Morgan fingerprint density at radius 1 is 1.14 bits per heavy atom. The molecule has 5 rings (SSSR count). The molecular formula is C25H32ClFIN7O2. The van der Waals surface area contributed by atoms with E-state index in [1.54, 1.807) is 12.1 Å². The smallest absolute Gasteiger partial charge is 0.281 e. The van der Waals surface area contributed by atoms with Crippen molar-refractivity contribution in [2.75, 3.05) is 36.9 Å². The zero-order valence-electron chi connectivity index (χ0n) is 20.9. The number of hydrogen-bond donors (Lipinski definition) is 4. The molecule has 9 nitrogen and oxygen atoms in total. The molecule has 200 valence electrons. The third-order valence-corrected chi connectivity index (χ3v) is 11.2. The van der Waals surface area contributed by atoms with Crippen LogP contribution in [0.15, 0.2) is 24.4 Å². The molecule has 4 heterocycles. The molecule has 12 heteroatoms. The van der Waals surface area contributed by atoms with Gasteiger partial charge in [0, 0.05) is 11.8 Å². The number of alkyl halides is 1. The standard InChI is InChI=1S/C25H32ClFIN7O2/c1-15-11-22(30-25-29-14-20(26)24(32-25)31-23-12-16(2)33-34-23)21(27)13-19(15)17-3-7-35(36,8-4-17)28-18-5-9-37-10-6-18/h11-14,17-18,36H,3-10H2,1-2H3,(H3,29,30,31,32,33,34). The minimum absolute atomic E-state index is 0.224. The molecule has 0 aliphatic carbocycles. The number of nitrogens with one attached hydrogen (secondary N) is 3. The van der Waals surface area contributed by atoms with Gasteiger partial charge in [0.05, 0.1) is 0 Å². The molecule has 0 amide bonds. The van der Waals surface area contributed by atoms with Crippen LogP contribution in [0, 0.1) is 19.7 Å². The normalized spacial score (nSPS) is 22.8. The molecule has 2 fully saturated rings. The number of halogens is 3. The topological polar surface area (TPSA) is 108 Å². The molecular weight excluding hydrogens is 612 g/mol. The molecule has 0 radical (unpaired) electrons. The first-order chi connectivity index (χ1) is 17.8. The summed E-state index contributed by atoms with van der Waals surface area (Å²) >= 11 is 5.88. The predicted molar refractivity (Wildman–Crippen MR) is 136 cm³/mol. The summed E-state index contributed by atoms with van der Waals surface area (Å²) < 4.78 is 21.5. The van der Waals surface area contributed by atoms with Crippen LogP contribution in [-0.4, -0.2) is 58.5 Å². The van der Waals surface area contributed by atoms with Gasteiger partial charge in [-0.25, -0.2) is 0 Å². The van der Waals surface area contributed by atoms with Crippen molar-refractivity contribution in [2.45, 2.75) is 49.4 Å². The van der Waals surface area contributed by atoms with Gasteiger partial charge >= 0.3 is 175 Å². The van der Waals surface area contributed by atoms with Crippen LogP contribution in [0.25, 0.3) is 0 Å². The number of hydrogen-bond acceptors (Lipinski definition) is 7. The number of hydroxylamine groups is 2. The first kappa shape index (κ1) is 26.5. The van der Waals surface area contributed by atoms with Crippen LogP contribution in [0.1, 0.15) is 48.4 Å². The number of quaternary nitrogens is 1. The summed E-state index contributed by atoms with van der Waals surface area (Å²) in [6.45, 7) is 6.99. The van der Waals surface area contributed by atoms with Gasteiger partial charge in [-0.2, -0.15) is 5.10 Å². The van der Waals surface area contributed by atoms with Gasteiger partial charge in [-0.1, -0.05) is 11.6 Å². The minimum Gasteiger partial charge on any atom is -0.281 e. The Kier molecular flexibility index (Phi) is 8.15. The van der Waals surface area contributed by atoms with E-state index < -0.39 is 0 Å². The van der Waals surface area contributed by atoms with Gasteiger partial charge in [0.15, 0.2) is 5.82 Å². The van der Waals surface area contributed by atoms with Crippen molar-refractivity contribution < 1.29 is 38.7 Å². The number of ether oxygens (including phenoxy) is 1. The van der Waals surface area contributed by atoms with Crippen LogP contribution in [0.4, 0.5) is 27.7 Å². The molecule has 0 spiro atoms. The Morgan fingerprint density at radius 3 is 2.59 bits per heavy atom. The van der Waals surface area contributed by atoms with E-state index in [0.29, 0.717) is 26.3 Å². The second kappa shape index (κ2) is 11.4. The van der Waals surface area contributed by atoms with E-state index in [9.17, 15) is 5.21 Å². The quantitative estimate of drug-likeness (QED) is 0.178. The van der Waals surface area contributed by atoms with Crippen LogP contribution in [0.2, 0.25) is 5.02 Å². The maximum absolute atomic E-state index is 15.2. The van der Waals surface area contributed by atoms with Crippen LogP contribution in [0.3, 0.4) is 0 Å². The number of nitrogens with zero attached hydrogens (tertiary/aromatic N) is 4. The number of H-pyrrole nitrogens is 1. The van der Waals surface area contributed by atoms with E-state index in [1.165, 1.54) is 6.20 Å². The Balaban J connectivity index is 1.25. The second-order valence-corrected chi connectivity index (χ2v) is 14.2. The van der Waals surface area contributed by atoms with Crippen LogP contribution in [-0.2, 0) is 4.74 Å². The zero-order chi connectivity index (χ0) is 26.0. The summed E-state index contributed by atoms with van der Waals surface area (Å²) in [5.74, 6) is 1.04. The van der Waals surface area contributed by atoms with E-state index in [-0.39, 0.29) is 42.0 Å². The molecule has 2 saturated heterocycles. The van der Waals surface area contributed by atoms with Gasteiger partial charge in [0.25, 0.3) is 0 Å². The first-order valence-corrected chi connectivity index (χ1v) is 15.1. The molecule has 0 atom stereocenters. The predicted octanol–water partition coefficient (Wildman–Crippen LogP) is 2.36.